The molecule has 8 aromatic carbocycles. The van der Waals surface area contributed by atoms with Crippen LogP contribution >= 0.6 is 0 Å². The summed E-state index contributed by atoms with van der Waals surface area (Å²) >= 11 is 0. The molecule has 234 valence electrons. The summed E-state index contributed by atoms with van der Waals surface area (Å²) in [5, 5.41) is 7.10. The van der Waals surface area contributed by atoms with Crippen LogP contribution in [0.2, 0.25) is 0 Å². The fourth-order valence-electron chi connectivity index (χ4n) is 7.81. The molecule has 0 aliphatic carbocycles. The highest BCUT2D eigenvalue weighted by molar-refractivity contribution is 6.11. The first-order chi connectivity index (χ1) is 24.8. The third-order valence-electron chi connectivity index (χ3n) is 10.1. The number of hydrogen-bond donors (Lipinski definition) is 0. The summed E-state index contributed by atoms with van der Waals surface area (Å²) in [6.45, 7) is 0. The molecule has 0 fully saturated rings. The second-order valence-corrected chi connectivity index (χ2v) is 13.0. The largest absolute Gasteiger partial charge is 0.456 e. The average Bonchev–Trinajstić information content (AvgIpc) is 3.71. The van der Waals surface area contributed by atoms with Crippen LogP contribution in [0.4, 0.5) is 17.1 Å². The molecule has 0 amide bonds. The van der Waals surface area contributed by atoms with Crippen molar-refractivity contribution < 1.29 is 9.15 Å². The Morgan fingerprint density at radius 3 is 2.04 bits per heavy atom. The normalized spacial score (nSPS) is 12.5. The van der Waals surface area contributed by atoms with Gasteiger partial charge in [-0.3, -0.25) is 0 Å². The minimum Gasteiger partial charge on any atom is -0.456 e. The maximum Gasteiger partial charge on any atom is 0.152 e. The molecule has 2 aromatic heterocycles. The summed E-state index contributed by atoms with van der Waals surface area (Å²) in [4.78, 5) is 2.31. The zero-order chi connectivity index (χ0) is 32.8. The van der Waals surface area contributed by atoms with Crippen molar-refractivity contribution in [3.8, 4) is 28.3 Å². The molecule has 0 unspecified atom stereocenters. The van der Waals surface area contributed by atoms with Gasteiger partial charge in [0.25, 0.3) is 0 Å². The summed E-state index contributed by atoms with van der Waals surface area (Å²) in [5.74, 6) is 1.67. The van der Waals surface area contributed by atoms with E-state index in [2.05, 4.69) is 155 Å². The Labute approximate surface area is 287 Å². The molecule has 1 aliphatic rings. The first-order valence-electron chi connectivity index (χ1n) is 16.9. The number of benzene rings is 8. The van der Waals surface area contributed by atoms with E-state index in [9.17, 15) is 0 Å². The molecule has 0 saturated carbocycles. The van der Waals surface area contributed by atoms with Gasteiger partial charge in [-0.1, -0.05) is 91.0 Å². The molecule has 3 heterocycles. The second kappa shape index (κ2) is 10.4. The molecule has 10 aromatic rings. The fraction of sp³-hybridized carbons (Fsp3) is 0. The minimum absolute atomic E-state index is 0.831. The van der Waals surface area contributed by atoms with Crippen molar-refractivity contribution in [1.82, 2.24) is 4.57 Å². The van der Waals surface area contributed by atoms with Crippen molar-refractivity contribution in [1.29, 1.82) is 0 Å². The molecule has 0 radical (unpaired) electrons. The number of hydrogen-bond acceptors (Lipinski definition) is 3. The highest BCUT2D eigenvalue weighted by Crippen LogP contribution is 2.51. The molecule has 0 atom stereocenters. The first-order valence-corrected chi connectivity index (χ1v) is 16.9. The molecule has 1 aliphatic heterocycles. The highest BCUT2D eigenvalue weighted by atomic mass is 16.5. The van der Waals surface area contributed by atoms with Crippen molar-refractivity contribution in [2.24, 2.45) is 0 Å². The average molecular weight is 641 g/mol. The Kier molecular flexibility index (Phi) is 5.63. The summed E-state index contributed by atoms with van der Waals surface area (Å²) in [5.41, 5.74) is 10.6. The summed E-state index contributed by atoms with van der Waals surface area (Å²) in [6.07, 6.45) is 0. The predicted molar refractivity (Wildman–Crippen MR) is 206 cm³/mol. The number of anilines is 3. The Morgan fingerprint density at radius 2 is 1.08 bits per heavy atom. The van der Waals surface area contributed by atoms with Crippen molar-refractivity contribution in [3.05, 3.63) is 170 Å². The smallest absolute Gasteiger partial charge is 0.152 e. The third-order valence-corrected chi connectivity index (χ3v) is 10.1. The molecule has 0 saturated heterocycles. The van der Waals surface area contributed by atoms with Crippen molar-refractivity contribution in [3.63, 3.8) is 0 Å². The zero-order valence-corrected chi connectivity index (χ0v) is 26.9. The van der Waals surface area contributed by atoms with Gasteiger partial charge in [0.05, 0.1) is 22.4 Å². The standard InChI is InChI=1S/C46H28N2O2/c1-2-10-30-25-33(20-17-29(30)9-1)48-41-14-6-8-16-45(41)50-46-27-32(19-23-42(46)48)31-18-22-40-37(26-31)35-11-3-5-13-39(35)47(40)34-21-24-44-38(28-34)36-12-4-7-15-43(36)49-44/h1-28H. The summed E-state index contributed by atoms with van der Waals surface area (Å²) in [7, 11) is 0. The third kappa shape index (κ3) is 3.99. The van der Waals surface area contributed by atoms with Gasteiger partial charge in [-0.2, -0.15) is 0 Å². The van der Waals surface area contributed by atoms with E-state index in [4.69, 9.17) is 9.15 Å². The van der Waals surface area contributed by atoms with Gasteiger partial charge < -0.3 is 18.6 Å². The molecule has 0 bridgehead atoms. The maximum absolute atomic E-state index is 6.60. The lowest BCUT2D eigenvalue weighted by Gasteiger charge is -2.33. The summed E-state index contributed by atoms with van der Waals surface area (Å²) < 4.78 is 15.1. The second-order valence-electron chi connectivity index (χ2n) is 13.0. The van der Waals surface area contributed by atoms with E-state index < -0.39 is 0 Å². The molecule has 50 heavy (non-hydrogen) atoms. The SMILES string of the molecule is c1ccc2c(c1)Oc1cc(-c3ccc4c(c3)c3ccccc3n4-c3ccc4oc5ccccc5c4c3)ccc1N2c1ccc2ccccc2c1. The number of para-hydroxylation sites is 4. The fourth-order valence-corrected chi connectivity index (χ4v) is 7.81. The quantitative estimate of drug-likeness (QED) is 0.192. The lowest BCUT2D eigenvalue weighted by atomic mass is 10.0. The maximum atomic E-state index is 6.60. The number of nitrogens with zero attached hydrogens (tertiary/aromatic N) is 2. The molecule has 4 heteroatoms. The minimum atomic E-state index is 0.831. The van der Waals surface area contributed by atoms with E-state index in [0.717, 1.165) is 72.8 Å². The number of fused-ring (bicyclic) bond motifs is 9. The summed E-state index contributed by atoms with van der Waals surface area (Å²) in [6, 6.07) is 60.2. The Bertz CT molecular complexity index is 2990. The van der Waals surface area contributed by atoms with Crippen LogP contribution in [0.3, 0.4) is 0 Å². The predicted octanol–water partition coefficient (Wildman–Crippen LogP) is 13.1. The van der Waals surface area contributed by atoms with E-state index in [1.807, 2.05) is 24.3 Å². The van der Waals surface area contributed by atoms with Crippen LogP contribution in [0.25, 0.3) is 71.3 Å². The van der Waals surface area contributed by atoms with Gasteiger partial charge in [-0.25, -0.2) is 0 Å². The van der Waals surface area contributed by atoms with Crippen molar-refractivity contribution in [2.75, 3.05) is 4.90 Å². The van der Waals surface area contributed by atoms with Crippen LogP contribution in [0.5, 0.6) is 11.5 Å². The van der Waals surface area contributed by atoms with Crippen molar-refractivity contribution in [2.45, 2.75) is 0 Å². The highest BCUT2D eigenvalue weighted by Gasteiger charge is 2.26. The number of aromatic nitrogens is 1. The van der Waals surface area contributed by atoms with E-state index in [1.54, 1.807) is 0 Å². The zero-order valence-electron chi connectivity index (χ0n) is 26.9. The van der Waals surface area contributed by atoms with Crippen LogP contribution < -0.4 is 9.64 Å². The van der Waals surface area contributed by atoms with E-state index >= 15 is 0 Å². The number of ether oxygens (including phenoxy) is 1. The molecule has 0 spiro atoms. The van der Waals surface area contributed by atoms with Crippen LogP contribution in [-0.4, -0.2) is 4.57 Å². The lowest BCUT2D eigenvalue weighted by molar-refractivity contribution is 0.477. The van der Waals surface area contributed by atoms with Crippen molar-refractivity contribution >= 4 is 71.6 Å². The van der Waals surface area contributed by atoms with Gasteiger partial charge in [-0.15, -0.1) is 0 Å². The Hall–Kier alpha value is -6.78. The van der Waals surface area contributed by atoms with Gasteiger partial charge >= 0.3 is 0 Å². The monoisotopic (exact) mass is 640 g/mol. The molecular formula is C46H28N2O2. The van der Waals surface area contributed by atoms with Crippen LogP contribution in [0, 0.1) is 0 Å². The van der Waals surface area contributed by atoms with Crippen LogP contribution in [0.1, 0.15) is 0 Å². The first kappa shape index (κ1) is 27.2. The Balaban J connectivity index is 1.05. The van der Waals surface area contributed by atoms with Gasteiger partial charge in [0, 0.05) is 32.9 Å². The van der Waals surface area contributed by atoms with Gasteiger partial charge in [-0.05, 0) is 101 Å². The molecule has 4 nitrogen and oxygen atoms in total. The molecule has 11 rings (SSSR count). The van der Waals surface area contributed by atoms with Gasteiger partial charge in [0.15, 0.2) is 11.5 Å². The van der Waals surface area contributed by atoms with E-state index in [0.29, 0.717) is 0 Å². The van der Waals surface area contributed by atoms with E-state index in [-0.39, 0.29) is 0 Å². The van der Waals surface area contributed by atoms with E-state index in [1.165, 1.54) is 27.1 Å². The Morgan fingerprint density at radius 1 is 0.380 bits per heavy atom. The van der Waals surface area contributed by atoms with Gasteiger partial charge in [0.2, 0.25) is 0 Å². The molecule has 0 N–H and O–H groups in total. The van der Waals surface area contributed by atoms with Crippen LogP contribution in [0.15, 0.2) is 174 Å². The lowest BCUT2D eigenvalue weighted by Crippen LogP contribution is -2.15. The topological polar surface area (TPSA) is 30.5 Å². The number of furan rings is 1. The van der Waals surface area contributed by atoms with Crippen LogP contribution in [-0.2, 0) is 0 Å². The molecular weight excluding hydrogens is 613 g/mol. The van der Waals surface area contributed by atoms with Gasteiger partial charge in [0.1, 0.15) is 11.2 Å². The number of rotatable bonds is 3.